The Kier molecular flexibility index (Phi) is 7.77. The Hall–Kier alpha value is -0.520. The predicted octanol–water partition coefficient (Wildman–Crippen LogP) is 1.40. The summed E-state index contributed by atoms with van der Waals surface area (Å²) in [4.78, 5) is 0. The summed E-state index contributed by atoms with van der Waals surface area (Å²) in [6.45, 7) is 7.63. The van der Waals surface area contributed by atoms with Crippen molar-refractivity contribution >= 4 is 0 Å². The molecule has 1 unspecified atom stereocenters. The number of hydrogen-bond acceptors (Lipinski definition) is 2. The van der Waals surface area contributed by atoms with Crippen molar-refractivity contribution in [3.8, 4) is 11.8 Å². The first-order valence-corrected chi connectivity index (χ1v) is 4.95. The fraction of sp³-hybridized carbons (Fsp3) is 0.818. The number of nitrogens with one attached hydrogen (secondary N) is 1. The summed E-state index contributed by atoms with van der Waals surface area (Å²) < 4.78 is 0. The highest BCUT2D eigenvalue weighted by Gasteiger charge is 2.05. The molecular formula is C11H21NO. The van der Waals surface area contributed by atoms with Crippen LogP contribution in [-0.4, -0.2) is 24.3 Å². The monoisotopic (exact) mass is 183 g/mol. The Morgan fingerprint density at radius 1 is 1.38 bits per heavy atom. The summed E-state index contributed by atoms with van der Waals surface area (Å²) in [5.41, 5.74) is 0. The highest BCUT2D eigenvalue weighted by atomic mass is 16.3. The van der Waals surface area contributed by atoms with Gasteiger partial charge in [-0.1, -0.05) is 13.8 Å². The largest absolute Gasteiger partial charge is 0.392 e. The van der Waals surface area contributed by atoms with Gasteiger partial charge < -0.3 is 10.4 Å². The molecule has 76 valence electrons. The lowest BCUT2D eigenvalue weighted by Crippen LogP contribution is -2.28. The van der Waals surface area contributed by atoms with Crippen LogP contribution in [0.3, 0.4) is 0 Å². The average molecular weight is 183 g/mol. The number of hydrogen-bond donors (Lipinski definition) is 2. The molecule has 0 aromatic rings. The Morgan fingerprint density at radius 3 is 2.62 bits per heavy atom. The fourth-order valence-corrected chi connectivity index (χ4v) is 1.17. The van der Waals surface area contributed by atoms with Gasteiger partial charge in [0.15, 0.2) is 0 Å². The highest BCUT2D eigenvalue weighted by molar-refractivity contribution is 4.95. The van der Waals surface area contributed by atoms with E-state index in [-0.39, 0.29) is 6.10 Å². The SMILES string of the molecule is CC#CCCNCC(O)CC(C)C. The van der Waals surface area contributed by atoms with Crippen LogP contribution in [0.25, 0.3) is 0 Å². The zero-order chi connectivity index (χ0) is 10.1. The van der Waals surface area contributed by atoms with Gasteiger partial charge in [-0.05, 0) is 19.3 Å². The van der Waals surface area contributed by atoms with Crippen LogP contribution in [0.1, 0.15) is 33.6 Å². The molecule has 0 aromatic carbocycles. The molecule has 0 aliphatic carbocycles. The lowest BCUT2D eigenvalue weighted by atomic mass is 10.1. The first-order chi connectivity index (χ1) is 6.16. The summed E-state index contributed by atoms with van der Waals surface area (Å²) in [7, 11) is 0. The summed E-state index contributed by atoms with van der Waals surface area (Å²) in [6.07, 6.45) is 1.52. The number of rotatable bonds is 6. The van der Waals surface area contributed by atoms with Crippen LogP contribution in [0.2, 0.25) is 0 Å². The molecule has 0 aromatic heterocycles. The highest BCUT2D eigenvalue weighted by Crippen LogP contribution is 2.02. The molecule has 2 nitrogen and oxygen atoms in total. The molecule has 0 saturated heterocycles. The van der Waals surface area contributed by atoms with Gasteiger partial charge in [0.1, 0.15) is 0 Å². The first kappa shape index (κ1) is 12.5. The van der Waals surface area contributed by atoms with E-state index in [0.29, 0.717) is 12.5 Å². The molecule has 0 rings (SSSR count). The van der Waals surface area contributed by atoms with E-state index in [9.17, 15) is 5.11 Å². The number of aliphatic hydroxyl groups excluding tert-OH is 1. The van der Waals surface area contributed by atoms with E-state index in [1.165, 1.54) is 0 Å². The minimum Gasteiger partial charge on any atom is -0.392 e. The molecule has 0 spiro atoms. The Morgan fingerprint density at radius 2 is 2.08 bits per heavy atom. The average Bonchev–Trinajstić information content (AvgIpc) is 2.02. The van der Waals surface area contributed by atoms with E-state index >= 15 is 0 Å². The second-order valence-corrected chi connectivity index (χ2v) is 3.66. The minimum absolute atomic E-state index is 0.213. The van der Waals surface area contributed by atoms with Crippen molar-refractivity contribution in [1.29, 1.82) is 0 Å². The van der Waals surface area contributed by atoms with Crippen molar-refractivity contribution < 1.29 is 5.11 Å². The van der Waals surface area contributed by atoms with E-state index in [4.69, 9.17) is 0 Å². The molecule has 1 atom stereocenters. The quantitative estimate of drug-likeness (QED) is 0.482. The van der Waals surface area contributed by atoms with Crippen molar-refractivity contribution in [3.63, 3.8) is 0 Å². The molecule has 0 amide bonds. The molecule has 2 N–H and O–H groups in total. The van der Waals surface area contributed by atoms with Crippen molar-refractivity contribution in [2.24, 2.45) is 5.92 Å². The van der Waals surface area contributed by atoms with Crippen LogP contribution < -0.4 is 5.32 Å². The van der Waals surface area contributed by atoms with E-state index in [1.54, 1.807) is 0 Å². The van der Waals surface area contributed by atoms with Gasteiger partial charge >= 0.3 is 0 Å². The molecule has 13 heavy (non-hydrogen) atoms. The third kappa shape index (κ3) is 9.39. The first-order valence-electron chi connectivity index (χ1n) is 4.95. The molecule has 0 saturated carbocycles. The Bertz CT molecular complexity index is 167. The van der Waals surface area contributed by atoms with E-state index in [0.717, 1.165) is 19.4 Å². The maximum Gasteiger partial charge on any atom is 0.0667 e. The van der Waals surface area contributed by atoms with Crippen molar-refractivity contribution in [2.45, 2.75) is 39.7 Å². The third-order valence-electron chi connectivity index (χ3n) is 1.73. The molecular weight excluding hydrogens is 162 g/mol. The lowest BCUT2D eigenvalue weighted by Gasteiger charge is -2.12. The zero-order valence-corrected chi connectivity index (χ0v) is 8.93. The Balaban J connectivity index is 3.25. The second-order valence-electron chi connectivity index (χ2n) is 3.66. The molecule has 0 fully saturated rings. The molecule has 0 bridgehead atoms. The maximum absolute atomic E-state index is 9.48. The fourth-order valence-electron chi connectivity index (χ4n) is 1.17. The minimum atomic E-state index is -0.213. The molecule has 0 heterocycles. The number of aliphatic hydroxyl groups is 1. The van der Waals surface area contributed by atoms with Crippen LogP contribution in [0.15, 0.2) is 0 Å². The zero-order valence-electron chi connectivity index (χ0n) is 8.93. The molecule has 2 heteroatoms. The van der Waals surface area contributed by atoms with Crippen LogP contribution in [0, 0.1) is 17.8 Å². The summed E-state index contributed by atoms with van der Waals surface area (Å²) in [5.74, 6) is 6.37. The third-order valence-corrected chi connectivity index (χ3v) is 1.73. The van der Waals surface area contributed by atoms with Gasteiger partial charge in [0.2, 0.25) is 0 Å². The maximum atomic E-state index is 9.48. The standard InChI is InChI=1S/C11H21NO/c1-4-5-6-7-12-9-11(13)8-10(2)3/h10-13H,6-9H2,1-3H3. The summed E-state index contributed by atoms with van der Waals surface area (Å²) in [5, 5.41) is 12.7. The predicted molar refractivity (Wildman–Crippen MR) is 56.4 cm³/mol. The van der Waals surface area contributed by atoms with E-state index in [2.05, 4.69) is 31.0 Å². The van der Waals surface area contributed by atoms with Gasteiger partial charge in [-0.15, -0.1) is 11.8 Å². The Labute approximate surface area is 81.7 Å². The van der Waals surface area contributed by atoms with Crippen molar-refractivity contribution in [3.05, 3.63) is 0 Å². The van der Waals surface area contributed by atoms with Crippen LogP contribution in [0.5, 0.6) is 0 Å². The van der Waals surface area contributed by atoms with E-state index in [1.807, 2.05) is 6.92 Å². The topological polar surface area (TPSA) is 32.3 Å². The van der Waals surface area contributed by atoms with E-state index < -0.39 is 0 Å². The van der Waals surface area contributed by atoms with Crippen LogP contribution in [0.4, 0.5) is 0 Å². The normalized spacial score (nSPS) is 12.4. The van der Waals surface area contributed by atoms with Gasteiger partial charge in [0, 0.05) is 19.5 Å². The lowest BCUT2D eigenvalue weighted by molar-refractivity contribution is 0.147. The smallest absolute Gasteiger partial charge is 0.0667 e. The second kappa shape index (κ2) is 8.10. The van der Waals surface area contributed by atoms with Crippen LogP contribution in [-0.2, 0) is 0 Å². The van der Waals surface area contributed by atoms with Gasteiger partial charge in [0.25, 0.3) is 0 Å². The van der Waals surface area contributed by atoms with Gasteiger partial charge in [-0.2, -0.15) is 0 Å². The molecule has 0 radical (unpaired) electrons. The van der Waals surface area contributed by atoms with Crippen molar-refractivity contribution in [1.82, 2.24) is 5.32 Å². The summed E-state index contributed by atoms with van der Waals surface area (Å²) in [6, 6.07) is 0. The van der Waals surface area contributed by atoms with Crippen LogP contribution >= 0.6 is 0 Å². The van der Waals surface area contributed by atoms with Crippen molar-refractivity contribution in [2.75, 3.05) is 13.1 Å². The van der Waals surface area contributed by atoms with Gasteiger partial charge in [-0.3, -0.25) is 0 Å². The molecule has 0 aliphatic heterocycles. The summed E-state index contributed by atoms with van der Waals surface area (Å²) >= 11 is 0. The van der Waals surface area contributed by atoms with Gasteiger partial charge in [0.05, 0.1) is 6.10 Å². The van der Waals surface area contributed by atoms with Gasteiger partial charge in [-0.25, -0.2) is 0 Å². The molecule has 0 aliphatic rings.